The van der Waals surface area contributed by atoms with Crippen LogP contribution in [0.15, 0.2) is 12.1 Å². The molecule has 20 heavy (non-hydrogen) atoms. The molecule has 0 aromatic carbocycles. The maximum absolute atomic E-state index is 11.1. The van der Waals surface area contributed by atoms with Crippen molar-refractivity contribution in [1.29, 1.82) is 0 Å². The van der Waals surface area contributed by atoms with Gasteiger partial charge in [-0.25, -0.2) is 9.78 Å². The number of hydrogen-bond acceptors (Lipinski definition) is 3. The smallest absolute Gasteiger partial charge is 0.335 e. The van der Waals surface area contributed by atoms with Crippen molar-refractivity contribution < 1.29 is 14.6 Å². The molecule has 1 heterocycles. The number of rotatable bonds is 4. The first-order chi connectivity index (χ1) is 9.39. The lowest BCUT2D eigenvalue weighted by molar-refractivity contribution is 0.0693. The number of aryl methyl sites for hydroxylation is 1. The van der Waals surface area contributed by atoms with Gasteiger partial charge in [0.25, 0.3) is 0 Å². The third-order valence-electron chi connectivity index (χ3n) is 4.04. The number of pyridine rings is 1. The summed E-state index contributed by atoms with van der Waals surface area (Å²) in [6.45, 7) is 6.52. The van der Waals surface area contributed by atoms with E-state index in [0.29, 0.717) is 17.7 Å². The molecule has 1 saturated carbocycles. The Kier molecular flexibility index (Phi) is 4.31. The van der Waals surface area contributed by atoms with E-state index in [-0.39, 0.29) is 11.7 Å². The summed E-state index contributed by atoms with van der Waals surface area (Å²) in [5.74, 6) is -0.483. The van der Waals surface area contributed by atoms with Crippen molar-refractivity contribution in [3.8, 4) is 5.88 Å². The Morgan fingerprint density at radius 3 is 2.60 bits per heavy atom. The fourth-order valence-electron chi connectivity index (χ4n) is 2.59. The highest BCUT2D eigenvalue weighted by Crippen LogP contribution is 2.36. The molecule has 0 bridgehead atoms. The van der Waals surface area contributed by atoms with Gasteiger partial charge in [0.05, 0.1) is 5.56 Å². The van der Waals surface area contributed by atoms with Crippen LogP contribution in [0.2, 0.25) is 0 Å². The maximum atomic E-state index is 11.1. The molecular formula is C16H23NO3. The van der Waals surface area contributed by atoms with Gasteiger partial charge in [0, 0.05) is 11.8 Å². The summed E-state index contributed by atoms with van der Waals surface area (Å²) in [4.78, 5) is 15.5. The quantitative estimate of drug-likeness (QED) is 0.911. The Balaban J connectivity index is 2.09. The first kappa shape index (κ1) is 14.8. The average molecular weight is 277 g/mol. The van der Waals surface area contributed by atoms with Crippen molar-refractivity contribution >= 4 is 5.97 Å². The molecule has 0 aliphatic heterocycles. The van der Waals surface area contributed by atoms with Crippen LogP contribution in [0.4, 0.5) is 0 Å². The van der Waals surface area contributed by atoms with Crippen LogP contribution in [-0.4, -0.2) is 22.2 Å². The van der Waals surface area contributed by atoms with Crippen molar-refractivity contribution in [2.45, 2.75) is 59.0 Å². The largest absolute Gasteiger partial charge is 0.478 e. The van der Waals surface area contributed by atoms with Gasteiger partial charge in [-0.15, -0.1) is 0 Å². The molecule has 110 valence electrons. The molecule has 1 aliphatic rings. The van der Waals surface area contributed by atoms with Gasteiger partial charge >= 0.3 is 5.97 Å². The summed E-state index contributed by atoms with van der Waals surface area (Å²) < 4.78 is 5.91. The molecule has 0 saturated heterocycles. The Morgan fingerprint density at radius 2 is 2.05 bits per heavy atom. The van der Waals surface area contributed by atoms with Crippen molar-refractivity contribution in [2.24, 2.45) is 5.41 Å². The van der Waals surface area contributed by atoms with E-state index in [2.05, 4.69) is 18.8 Å². The number of nitrogens with zero attached hydrogens (tertiary/aromatic N) is 1. The van der Waals surface area contributed by atoms with Gasteiger partial charge < -0.3 is 9.84 Å². The van der Waals surface area contributed by atoms with Crippen LogP contribution in [0.25, 0.3) is 0 Å². The minimum atomic E-state index is -0.934. The van der Waals surface area contributed by atoms with E-state index >= 15 is 0 Å². The van der Waals surface area contributed by atoms with Gasteiger partial charge in [0.1, 0.15) is 6.10 Å². The molecule has 1 N–H and O–H groups in total. The highest BCUT2D eigenvalue weighted by molar-refractivity contribution is 5.88. The molecule has 4 nitrogen and oxygen atoms in total. The second-order valence-corrected chi connectivity index (χ2v) is 6.33. The highest BCUT2D eigenvalue weighted by atomic mass is 16.5. The highest BCUT2D eigenvalue weighted by Gasteiger charge is 2.28. The third kappa shape index (κ3) is 3.71. The number of aromatic carboxylic acids is 1. The summed E-state index contributed by atoms with van der Waals surface area (Å²) in [5, 5.41) is 9.12. The molecule has 0 atom stereocenters. The van der Waals surface area contributed by atoms with Crippen LogP contribution in [0.1, 0.15) is 62.5 Å². The predicted octanol–water partition coefficient (Wildman–Crippen LogP) is 3.69. The van der Waals surface area contributed by atoms with Crippen molar-refractivity contribution in [2.75, 3.05) is 0 Å². The first-order valence-electron chi connectivity index (χ1n) is 7.30. The van der Waals surface area contributed by atoms with E-state index in [1.54, 1.807) is 6.07 Å². The number of hydrogen-bond donors (Lipinski definition) is 1. The van der Waals surface area contributed by atoms with Gasteiger partial charge in [-0.05, 0) is 43.6 Å². The fraction of sp³-hybridized carbons (Fsp3) is 0.625. The van der Waals surface area contributed by atoms with E-state index in [1.807, 2.05) is 6.92 Å². The lowest BCUT2D eigenvalue weighted by atomic mass is 9.76. The van der Waals surface area contributed by atoms with Gasteiger partial charge in [-0.2, -0.15) is 0 Å². The zero-order chi connectivity index (χ0) is 14.8. The number of ether oxygens (including phenoxy) is 1. The molecule has 4 heteroatoms. The lowest BCUT2D eigenvalue weighted by Gasteiger charge is -2.34. The zero-order valence-corrected chi connectivity index (χ0v) is 12.5. The van der Waals surface area contributed by atoms with E-state index in [1.165, 1.54) is 6.07 Å². The van der Waals surface area contributed by atoms with Gasteiger partial charge in [0.15, 0.2) is 0 Å². The number of carbonyl (C=O) groups is 1. The number of carboxylic acid groups (broad SMARTS) is 1. The summed E-state index contributed by atoms with van der Waals surface area (Å²) in [7, 11) is 0. The molecule has 0 unspecified atom stereocenters. The minimum absolute atomic E-state index is 0.157. The van der Waals surface area contributed by atoms with E-state index in [9.17, 15) is 4.79 Å². The van der Waals surface area contributed by atoms with Crippen molar-refractivity contribution in [3.63, 3.8) is 0 Å². The average Bonchev–Trinajstić information content (AvgIpc) is 2.41. The van der Waals surface area contributed by atoms with Gasteiger partial charge in [-0.1, -0.05) is 20.8 Å². The van der Waals surface area contributed by atoms with Gasteiger partial charge in [0.2, 0.25) is 5.88 Å². The topological polar surface area (TPSA) is 59.4 Å². The van der Waals surface area contributed by atoms with Crippen molar-refractivity contribution in [1.82, 2.24) is 4.98 Å². The number of aromatic nitrogens is 1. The molecule has 0 spiro atoms. The summed E-state index contributed by atoms with van der Waals surface area (Å²) in [6, 6.07) is 3.14. The zero-order valence-electron chi connectivity index (χ0n) is 12.5. The third-order valence-corrected chi connectivity index (χ3v) is 4.04. The normalized spacial score (nSPS) is 18.8. The Labute approximate surface area is 120 Å². The van der Waals surface area contributed by atoms with E-state index in [4.69, 9.17) is 9.84 Å². The molecule has 1 aliphatic carbocycles. The fourth-order valence-corrected chi connectivity index (χ4v) is 2.59. The second kappa shape index (κ2) is 5.81. The van der Waals surface area contributed by atoms with Crippen molar-refractivity contribution in [3.05, 3.63) is 23.4 Å². The SMILES string of the molecule is CCc1cc(C(=O)O)cc(OC2CCC(C)(C)CC2)n1. The first-order valence-corrected chi connectivity index (χ1v) is 7.30. The molecule has 1 fully saturated rings. The minimum Gasteiger partial charge on any atom is -0.478 e. The Hall–Kier alpha value is -1.58. The maximum Gasteiger partial charge on any atom is 0.335 e. The molecule has 0 amide bonds. The molecule has 2 rings (SSSR count). The standard InChI is InChI=1S/C16H23NO3/c1-4-12-9-11(15(18)19)10-14(17-12)20-13-5-7-16(2,3)8-6-13/h9-10,13H,4-8H2,1-3H3,(H,18,19). The molecule has 1 aromatic heterocycles. The van der Waals surface area contributed by atoms with E-state index < -0.39 is 5.97 Å². The molecule has 1 aromatic rings. The van der Waals surface area contributed by atoms with Crippen LogP contribution in [0.3, 0.4) is 0 Å². The van der Waals surface area contributed by atoms with Crippen LogP contribution in [0, 0.1) is 5.41 Å². The van der Waals surface area contributed by atoms with Crippen LogP contribution < -0.4 is 4.74 Å². The van der Waals surface area contributed by atoms with Crippen LogP contribution >= 0.6 is 0 Å². The Bertz CT molecular complexity index is 486. The van der Waals surface area contributed by atoms with Gasteiger partial charge in [-0.3, -0.25) is 0 Å². The lowest BCUT2D eigenvalue weighted by Crippen LogP contribution is -2.28. The number of carboxylic acids is 1. The Morgan fingerprint density at radius 1 is 1.40 bits per heavy atom. The summed E-state index contributed by atoms with van der Waals surface area (Å²) >= 11 is 0. The van der Waals surface area contributed by atoms with Crippen LogP contribution in [-0.2, 0) is 6.42 Å². The summed E-state index contributed by atoms with van der Waals surface area (Å²) in [5.41, 5.74) is 1.41. The second-order valence-electron chi connectivity index (χ2n) is 6.33. The van der Waals surface area contributed by atoms with Crippen LogP contribution in [0.5, 0.6) is 5.88 Å². The summed E-state index contributed by atoms with van der Waals surface area (Å²) in [6.07, 6.45) is 5.15. The van der Waals surface area contributed by atoms with E-state index in [0.717, 1.165) is 31.4 Å². The molecular weight excluding hydrogens is 254 g/mol. The molecule has 0 radical (unpaired) electrons. The monoisotopic (exact) mass is 277 g/mol. The predicted molar refractivity (Wildman–Crippen MR) is 77.2 cm³/mol.